The lowest BCUT2D eigenvalue weighted by molar-refractivity contribution is -0.128. The number of rotatable bonds is 5. The molecule has 0 bridgehead atoms. The predicted octanol–water partition coefficient (Wildman–Crippen LogP) is 0.230. The summed E-state index contributed by atoms with van der Waals surface area (Å²) in [5.74, 6) is 0.947. The fourth-order valence-corrected chi connectivity index (χ4v) is 2.73. The van der Waals surface area contributed by atoms with Crippen molar-refractivity contribution in [2.24, 2.45) is 17.6 Å². The van der Waals surface area contributed by atoms with Crippen LogP contribution in [0.5, 0.6) is 0 Å². The molecule has 0 aromatic rings. The summed E-state index contributed by atoms with van der Waals surface area (Å²) in [6.45, 7) is 4.88. The topological polar surface area (TPSA) is 67.2 Å². The number of carbonyl (C=O) groups excluding carboxylic acids is 1. The molecule has 2 unspecified atom stereocenters. The first-order valence-corrected chi connectivity index (χ1v) is 6.44. The Balaban J connectivity index is 2.06. The maximum Gasteiger partial charge on any atom is 0.238 e. The van der Waals surface area contributed by atoms with Gasteiger partial charge in [0, 0.05) is 6.54 Å². The van der Waals surface area contributed by atoms with E-state index in [0.29, 0.717) is 5.92 Å². The van der Waals surface area contributed by atoms with Crippen LogP contribution in [0.15, 0.2) is 0 Å². The van der Waals surface area contributed by atoms with Crippen LogP contribution >= 0.6 is 0 Å². The molecular formula is C12H23N3O. The molecule has 1 amide bonds. The Morgan fingerprint density at radius 3 is 2.88 bits per heavy atom. The van der Waals surface area contributed by atoms with E-state index in [2.05, 4.69) is 17.6 Å². The Morgan fingerprint density at radius 2 is 2.31 bits per heavy atom. The molecule has 16 heavy (non-hydrogen) atoms. The van der Waals surface area contributed by atoms with Gasteiger partial charge in [0.15, 0.2) is 0 Å². The number of amides is 1. The second-order valence-electron chi connectivity index (χ2n) is 5.22. The van der Waals surface area contributed by atoms with Crippen molar-refractivity contribution < 1.29 is 4.79 Å². The molecule has 1 heterocycles. The van der Waals surface area contributed by atoms with Crippen LogP contribution in [0.2, 0.25) is 0 Å². The number of piperidine rings is 1. The van der Waals surface area contributed by atoms with Gasteiger partial charge in [-0.1, -0.05) is 6.92 Å². The molecule has 1 saturated heterocycles. The lowest BCUT2D eigenvalue weighted by atomic mass is 9.76. The van der Waals surface area contributed by atoms with Crippen molar-refractivity contribution in [3.05, 3.63) is 0 Å². The largest absolute Gasteiger partial charge is 0.368 e. The summed E-state index contributed by atoms with van der Waals surface area (Å²) < 4.78 is 0. The predicted molar refractivity (Wildman–Crippen MR) is 63.9 cm³/mol. The van der Waals surface area contributed by atoms with E-state index >= 15 is 0 Å². The highest BCUT2D eigenvalue weighted by Gasteiger charge is 2.45. The summed E-state index contributed by atoms with van der Waals surface area (Å²) in [4.78, 5) is 11.8. The molecule has 4 N–H and O–H groups in total. The van der Waals surface area contributed by atoms with Gasteiger partial charge in [0.1, 0.15) is 5.54 Å². The molecule has 92 valence electrons. The van der Waals surface area contributed by atoms with Crippen molar-refractivity contribution in [3.63, 3.8) is 0 Å². The second kappa shape index (κ2) is 4.72. The van der Waals surface area contributed by atoms with Gasteiger partial charge in [-0.05, 0) is 50.6 Å². The minimum atomic E-state index is -0.456. The summed E-state index contributed by atoms with van der Waals surface area (Å²) in [7, 11) is 0. The van der Waals surface area contributed by atoms with E-state index in [-0.39, 0.29) is 5.91 Å². The number of primary amides is 1. The molecule has 2 fully saturated rings. The maximum atomic E-state index is 11.8. The zero-order chi connectivity index (χ0) is 11.6. The van der Waals surface area contributed by atoms with Crippen LogP contribution < -0.4 is 16.4 Å². The van der Waals surface area contributed by atoms with E-state index in [4.69, 9.17) is 5.73 Å². The van der Waals surface area contributed by atoms with Gasteiger partial charge in [0.05, 0.1) is 0 Å². The van der Waals surface area contributed by atoms with Crippen LogP contribution in [0.4, 0.5) is 0 Å². The summed E-state index contributed by atoms with van der Waals surface area (Å²) in [5.41, 5.74) is 5.19. The van der Waals surface area contributed by atoms with Gasteiger partial charge < -0.3 is 16.4 Å². The average Bonchev–Trinajstić information content (AvgIpc) is 3.10. The van der Waals surface area contributed by atoms with Gasteiger partial charge in [-0.3, -0.25) is 4.79 Å². The summed E-state index contributed by atoms with van der Waals surface area (Å²) in [6.07, 6.45) is 4.43. The van der Waals surface area contributed by atoms with E-state index in [1.807, 2.05) is 0 Å². The van der Waals surface area contributed by atoms with Gasteiger partial charge in [-0.25, -0.2) is 0 Å². The van der Waals surface area contributed by atoms with E-state index in [1.54, 1.807) is 0 Å². The standard InChI is InChI=1S/C12H23N3O/c1-2-10-8-14-6-5-12(10,11(13)16)15-7-9-3-4-9/h9-10,14-15H,2-8H2,1H3,(H2,13,16). The first-order valence-electron chi connectivity index (χ1n) is 6.44. The monoisotopic (exact) mass is 225 g/mol. The minimum absolute atomic E-state index is 0.165. The van der Waals surface area contributed by atoms with Crippen LogP contribution in [0.25, 0.3) is 0 Å². The number of hydrogen-bond acceptors (Lipinski definition) is 3. The van der Waals surface area contributed by atoms with E-state index in [1.165, 1.54) is 12.8 Å². The molecule has 1 aliphatic heterocycles. The molecule has 0 spiro atoms. The number of nitrogens with one attached hydrogen (secondary N) is 2. The van der Waals surface area contributed by atoms with E-state index in [9.17, 15) is 4.79 Å². The molecule has 4 nitrogen and oxygen atoms in total. The Labute approximate surface area is 97.3 Å². The quantitative estimate of drug-likeness (QED) is 0.627. The van der Waals surface area contributed by atoms with Crippen LogP contribution in [0, 0.1) is 11.8 Å². The molecule has 4 heteroatoms. The summed E-state index contributed by atoms with van der Waals surface area (Å²) >= 11 is 0. The highest BCUT2D eigenvalue weighted by Crippen LogP contribution is 2.32. The molecule has 2 aliphatic rings. The maximum absolute atomic E-state index is 11.8. The van der Waals surface area contributed by atoms with E-state index < -0.39 is 5.54 Å². The van der Waals surface area contributed by atoms with Crippen LogP contribution in [-0.4, -0.2) is 31.1 Å². The number of nitrogens with two attached hydrogens (primary N) is 1. The smallest absolute Gasteiger partial charge is 0.238 e. The molecule has 0 aromatic carbocycles. The second-order valence-corrected chi connectivity index (χ2v) is 5.22. The van der Waals surface area contributed by atoms with Gasteiger partial charge >= 0.3 is 0 Å². The fourth-order valence-electron chi connectivity index (χ4n) is 2.73. The van der Waals surface area contributed by atoms with Crippen molar-refractivity contribution in [1.29, 1.82) is 0 Å². The lowest BCUT2D eigenvalue weighted by Crippen LogP contribution is -2.65. The highest BCUT2D eigenvalue weighted by atomic mass is 16.1. The third kappa shape index (κ3) is 2.23. The van der Waals surface area contributed by atoms with Crippen molar-refractivity contribution in [1.82, 2.24) is 10.6 Å². The van der Waals surface area contributed by atoms with Crippen molar-refractivity contribution in [3.8, 4) is 0 Å². The Bertz CT molecular complexity index is 265. The van der Waals surface area contributed by atoms with Crippen molar-refractivity contribution in [2.45, 2.75) is 38.1 Å². The zero-order valence-corrected chi connectivity index (χ0v) is 10.1. The summed E-state index contributed by atoms with van der Waals surface area (Å²) in [6, 6.07) is 0. The number of carbonyl (C=O) groups is 1. The van der Waals surface area contributed by atoms with Gasteiger partial charge in [0.25, 0.3) is 0 Å². The van der Waals surface area contributed by atoms with Crippen LogP contribution in [0.3, 0.4) is 0 Å². The summed E-state index contributed by atoms with van der Waals surface area (Å²) in [5, 5.41) is 6.83. The normalized spacial score (nSPS) is 34.9. The van der Waals surface area contributed by atoms with E-state index in [0.717, 1.165) is 38.4 Å². The van der Waals surface area contributed by atoms with Crippen molar-refractivity contribution in [2.75, 3.05) is 19.6 Å². The average molecular weight is 225 g/mol. The lowest BCUT2D eigenvalue weighted by Gasteiger charge is -2.42. The third-order valence-electron chi connectivity index (χ3n) is 4.12. The van der Waals surface area contributed by atoms with Crippen LogP contribution in [0.1, 0.15) is 32.6 Å². The molecule has 1 aliphatic carbocycles. The highest BCUT2D eigenvalue weighted by molar-refractivity contribution is 5.85. The zero-order valence-electron chi connectivity index (χ0n) is 10.1. The Morgan fingerprint density at radius 1 is 1.56 bits per heavy atom. The fraction of sp³-hybridized carbons (Fsp3) is 0.917. The Hall–Kier alpha value is -0.610. The Kier molecular flexibility index (Phi) is 3.50. The SMILES string of the molecule is CCC1CNCCC1(NCC1CC1)C(N)=O. The molecule has 1 saturated carbocycles. The molecule has 0 aromatic heterocycles. The molecule has 0 radical (unpaired) electrons. The molecular weight excluding hydrogens is 202 g/mol. The first kappa shape index (κ1) is 11.9. The van der Waals surface area contributed by atoms with Gasteiger partial charge in [0.2, 0.25) is 5.91 Å². The minimum Gasteiger partial charge on any atom is -0.368 e. The van der Waals surface area contributed by atoms with Gasteiger partial charge in [-0.15, -0.1) is 0 Å². The molecule has 2 atom stereocenters. The third-order valence-corrected chi connectivity index (χ3v) is 4.12. The molecule has 2 rings (SSSR count). The van der Waals surface area contributed by atoms with Crippen LogP contribution in [-0.2, 0) is 4.79 Å². The van der Waals surface area contributed by atoms with Crippen molar-refractivity contribution >= 4 is 5.91 Å². The van der Waals surface area contributed by atoms with Gasteiger partial charge in [-0.2, -0.15) is 0 Å². The first-order chi connectivity index (χ1) is 7.69. The number of hydrogen-bond donors (Lipinski definition) is 3.